The van der Waals surface area contributed by atoms with Crippen molar-refractivity contribution in [1.82, 2.24) is 5.32 Å². The van der Waals surface area contributed by atoms with E-state index >= 15 is 0 Å². The monoisotopic (exact) mass is 207 g/mol. The van der Waals surface area contributed by atoms with Crippen molar-refractivity contribution in [3.05, 3.63) is 0 Å². The molecule has 0 aliphatic carbocycles. The van der Waals surface area contributed by atoms with E-state index in [-0.39, 0.29) is 18.3 Å². The number of aliphatic hydroxyl groups is 1. The third-order valence-corrected chi connectivity index (χ3v) is 2.48. The van der Waals surface area contributed by atoms with Crippen molar-refractivity contribution in [3.8, 4) is 0 Å². The van der Waals surface area contributed by atoms with Crippen LogP contribution in [0.5, 0.6) is 0 Å². The molecule has 1 rings (SSSR count). The predicted octanol–water partition coefficient (Wildman–Crippen LogP) is -0.119. The van der Waals surface area contributed by atoms with E-state index in [1.54, 1.807) is 6.92 Å². The molecule has 0 aromatic carbocycles. The van der Waals surface area contributed by atoms with Gasteiger partial charge >= 0.3 is 5.97 Å². The van der Waals surface area contributed by atoms with E-state index in [0.29, 0.717) is 13.2 Å². The molecule has 5 heteroatoms. The Labute approximate surface area is 82.2 Å². The van der Waals surface area contributed by atoms with Gasteiger partial charge < -0.3 is 9.84 Å². The molecule has 0 saturated carbocycles. The molecular formula is C8H14ClNO3. The van der Waals surface area contributed by atoms with Gasteiger partial charge in [-0.3, -0.25) is 10.1 Å². The van der Waals surface area contributed by atoms with Crippen LogP contribution in [-0.2, 0) is 9.53 Å². The number of morpholine rings is 1. The van der Waals surface area contributed by atoms with Crippen LogP contribution >= 0.6 is 11.6 Å². The fourth-order valence-corrected chi connectivity index (χ4v) is 1.49. The van der Waals surface area contributed by atoms with Crippen molar-refractivity contribution in [2.75, 3.05) is 19.0 Å². The Morgan fingerprint density at radius 1 is 1.85 bits per heavy atom. The summed E-state index contributed by atoms with van der Waals surface area (Å²) < 4.78 is 4.88. The van der Waals surface area contributed by atoms with Crippen LogP contribution in [0.1, 0.15) is 13.3 Å². The highest BCUT2D eigenvalue weighted by atomic mass is 35.5. The van der Waals surface area contributed by atoms with E-state index in [2.05, 4.69) is 5.32 Å². The van der Waals surface area contributed by atoms with Crippen LogP contribution in [0.3, 0.4) is 0 Å². The van der Waals surface area contributed by atoms with Crippen LogP contribution in [-0.4, -0.2) is 41.8 Å². The van der Waals surface area contributed by atoms with Crippen molar-refractivity contribution in [1.29, 1.82) is 0 Å². The minimum Gasteiger partial charge on any atom is -0.463 e. The normalized spacial score (nSPS) is 31.2. The predicted molar refractivity (Wildman–Crippen MR) is 48.7 cm³/mol. The molecule has 13 heavy (non-hydrogen) atoms. The second kappa shape index (κ2) is 4.26. The maximum atomic E-state index is 11.3. The lowest BCUT2D eigenvalue weighted by Gasteiger charge is -2.33. The van der Waals surface area contributed by atoms with Gasteiger partial charge in [0.1, 0.15) is 12.1 Å². The Morgan fingerprint density at radius 2 is 2.54 bits per heavy atom. The first kappa shape index (κ1) is 10.8. The highest BCUT2D eigenvalue weighted by molar-refractivity contribution is 6.18. The van der Waals surface area contributed by atoms with Gasteiger partial charge in [-0.1, -0.05) is 0 Å². The summed E-state index contributed by atoms with van der Waals surface area (Å²) in [4.78, 5) is 11.3. The first-order valence-electron chi connectivity index (χ1n) is 4.25. The largest absolute Gasteiger partial charge is 0.463 e. The van der Waals surface area contributed by atoms with Crippen LogP contribution < -0.4 is 5.32 Å². The lowest BCUT2D eigenvalue weighted by Crippen LogP contribution is -2.57. The van der Waals surface area contributed by atoms with Gasteiger partial charge in [-0.05, 0) is 6.92 Å². The average molecular weight is 208 g/mol. The SMILES string of the molecule is CC1(CC(O)CCl)NCCOC1=O. The highest BCUT2D eigenvalue weighted by Gasteiger charge is 2.38. The van der Waals surface area contributed by atoms with Gasteiger partial charge in [-0.15, -0.1) is 11.6 Å². The molecule has 0 radical (unpaired) electrons. The van der Waals surface area contributed by atoms with Crippen LogP contribution in [0.15, 0.2) is 0 Å². The minimum absolute atomic E-state index is 0.130. The minimum atomic E-state index is -0.785. The fraction of sp³-hybridized carbons (Fsp3) is 0.875. The van der Waals surface area contributed by atoms with Gasteiger partial charge in [0.15, 0.2) is 0 Å². The highest BCUT2D eigenvalue weighted by Crippen LogP contribution is 2.17. The topological polar surface area (TPSA) is 58.6 Å². The first-order valence-corrected chi connectivity index (χ1v) is 4.78. The maximum absolute atomic E-state index is 11.3. The molecule has 2 N–H and O–H groups in total. The number of rotatable bonds is 3. The van der Waals surface area contributed by atoms with Gasteiger partial charge in [0.05, 0.1) is 6.10 Å². The Morgan fingerprint density at radius 3 is 3.08 bits per heavy atom. The molecule has 4 nitrogen and oxygen atoms in total. The summed E-state index contributed by atoms with van der Waals surface area (Å²) >= 11 is 5.45. The Bertz CT molecular complexity index is 200. The van der Waals surface area contributed by atoms with Gasteiger partial charge in [-0.25, -0.2) is 0 Å². The van der Waals surface area contributed by atoms with Crippen LogP contribution in [0.2, 0.25) is 0 Å². The van der Waals surface area contributed by atoms with Crippen LogP contribution in [0.25, 0.3) is 0 Å². The van der Waals surface area contributed by atoms with Gasteiger partial charge in [-0.2, -0.15) is 0 Å². The Balaban J connectivity index is 2.56. The number of alkyl halides is 1. The number of cyclic esters (lactones) is 1. The quantitative estimate of drug-likeness (QED) is 0.501. The zero-order valence-electron chi connectivity index (χ0n) is 7.55. The number of aliphatic hydroxyl groups excluding tert-OH is 1. The molecule has 0 spiro atoms. The number of esters is 1. The standard InChI is InChI=1S/C8H14ClNO3/c1-8(4-6(11)5-9)7(12)13-3-2-10-8/h6,10-11H,2-5H2,1H3. The second-order valence-electron chi connectivity index (χ2n) is 3.41. The average Bonchev–Trinajstić information content (AvgIpc) is 2.10. The van der Waals surface area contributed by atoms with Gasteiger partial charge in [0.25, 0.3) is 0 Å². The van der Waals surface area contributed by atoms with Crippen molar-refractivity contribution < 1.29 is 14.6 Å². The molecule has 76 valence electrons. The third-order valence-electron chi connectivity index (χ3n) is 2.12. The smallest absolute Gasteiger partial charge is 0.326 e. The van der Waals surface area contributed by atoms with Gasteiger partial charge in [0, 0.05) is 18.8 Å². The van der Waals surface area contributed by atoms with Crippen molar-refractivity contribution in [3.63, 3.8) is 0 Å². The first-order chi connectivity index (χ1) is 6.08. The van der Waals surface area contributed by atoms with Gasteiger partial charge in [0.2, 0.25) is 0 Å². The second-order valence-corrected chi connectivity index (χ2v) is 3.72. The molecule has 0 amide bonds. The van der Waals surface area contributed by atoms with E-state index in [1.807, 2.05) is 0 Å². The van der Waals surface area contributed by atoms with E-state index in [1.165, 1.54) is 0 Å². The molecule has 2 atom stereocenters. The maximum Gasteiger partial charge on any atom is 0.326 e. The molecule has 1 heterocycles. The fourth-order valence-electron chi connectivity index (χ4n) is 1.38. The summed E-state index contributed by atoms with van der Waals surface area (Å²) in [5.41, 5.74) is -0.785. The van der Waals surface area contributed by atoms with E-state index < -0.39 is 11.6 Å². The van der Waals surface area contributed by atoms with Crippen molar-refractivity contribution in [2.45, 2.75) is 25.0 Å². The molecular weight excluding hydrogens is 194 g/mol. The van der Waals surface area contributed by atoms with Crippen LogP contribution in [0, 0.1) is 0 Å². The summed E-state index contributed by atoms with van der Waals surface area (Å²) in [6.07, 6.45) is -0.389. The molecule has 0 aromatic rings. The Kier molecular flexibility index (Phi) is 3.53. The molecule has 1 aliphatic heterocycles. The Hall–Kier alpha value is -0.320. The van der Waals surface area contributed by atoms with E-state index in [9.17, 15) is 9.90 Å². The summed E-state index contributed by atoms with van der Waals surface area (Å²) in [5, 5.41) is 12.3. The van der Waals surface area contributed by atoms with E-state index in [4.69, 9.17) is 16.3 Å². The number of nitrogens with one attached hydrogen (secondary N) is 1. The summed E-state index contributed by atoms with van der Waals surface area (Å²) in [5.74, 6) is -0.187. The lowest BCUT2D eigenvalue weighted by molar-refractivity contribution is -0.156. The molecule has 2 unspecified atom stereocenters. The summed E-state index contributed by atoms with van der Waals surface area (Å²) in [6, 6.07) is 0. The zero-order chi connectivity index (χ0) is 9.90. The summed E-state index contributed by atoms with van der Waals surface area (Å²) in [6.45, 7) is 2.73. The zero-order valence-corrected chi connectivity index (χ0v) is 8.30. The third kappa shape index (κ3) is 2.56. The number of hydrogen-bond acceptors (Lipinski definition) is 4. The van der Waals surface area contributed by atoms with E-state index in [0.717, 1.165) is 0 Å². The number of carbonyl (C=O) groups excluding carboxylic acids is 1. The number of ether oxygens (including phenoxy) is 1. The van der Waals surface area contributed by atoms with Crippen molar-refractivity contribution >= 4 is 17.6 Å². The molecule has 1 saturated heterocycles. The number of halogens is 1. The molecule has 0 aromatic heterocycles. The number of hydrogen-bond donors (Lipinski definition) is 2. The molecule has 1 aliphatic rings. The lowest BCUT2D eigenvalue weighted by atomic mass is 9.94. The number of carbonyl (C=O) groups is 1. The van der Waals surface area contributed by atoms with Crippen molar-refractivity contribution in [2.24, 2.45) is 0 Å². The molecule has 0 bridgehead atoms. The van der Waals surface area contributed by atoms with Crippen LogP contribution in [0.4, 0.5) is 0 Å². The molecule has 1 fully saturated rings. The summed E-state index contributed by atoms with van der Waals surface area (Å²) in [7, 11) is 0.